The van der Waals surface area contributed by atoms with Crippen LogP contribution < -0.4 is 0 Å². The van der Waals surface area contributed by atoms with E-state index in [9.17, 15) is 19.8 Å². The molecule has 0 saturated carbocycles. The quantitative estimate of drug-likeness (QED) is 0.410. The van der Waals surface area contributed by atoms with E-state index >= 15 is 0 Å². The number of hydrogen-bond donors (Lipinski definition) is 2. The molecule has 4 rings (SSSR count). The van der Waals surface area contributed by atoms with Gasteiger partial charge in [-0.15, -0.1) is 0 Å². The van der Waals surface area contributed by atoms with Gasteiger partial charge < -0.3 is 10.2 Å². The van der Waals surface area contributed by atoms with Crippen LogP contribution in [0.1, 0.15) is 34.1 Å². The summed E-state index contributed by atoms with van der Waals surface area (Å²) in [5.41, 5.74) is 3.23. The van der Waals surface area contributed by atoms with Gasteiger partial charge in [-0.3, -0.25) is 9.59 Å². The monoisotopic (exact) mass is 424 g/mol. The largest absolute Gasteiger partial charge is 0.481 e. The maximum absolute atomic E-state index is 11.3. The van der Waals surface area contributed by atoms with Gasteiger partial charge in [0.2, 0.25) is 0 Å². The molecule has 2 N–H and O–H groups in total. The summed E-state index contributed by atoms with van der Waals surface area (Å²) in [6, 6.07) is 37.1. The standard InChI is InChI=1S/2C14H12O2/c2*15-14(16)13(11-7-3-1-4-8-11)12-9-5-2-6-10-12/h2*1-10,13H,(H,15,16). The Morgan fingerprint density at radius 2 is 0.594 bits per heavy atom. The second kappa shape index (κ2) is 11.3. The fourth-order valence-electron chi connectivity index (χ4n) is 3.54. The minimum atomic E-state index is -0.822. The Labute approximate surface area is 187 Å². The van der Waals surface area contributed by atoms with Gasteiger partial charge in [-0.2, -0.15) is 0 Å². The third kappa shape index (κ3) is 5.92. The Bertz CT molecular complexity index is 939. The number of benzene rings is 4. The minimum Gasteiger partial charge on any atom is -0.481 e. The third-order valence-electron chi connectivity index (χ3n) is 5.03. The normalized spacial score (nSPS) is 10.3. The van der Waals surface area contributed by atoms with E-state index in [1.165, 1.54) is 0 Å². The highest BCUT2D eigenvalue weighted by Crippen LogP contribution is 2.25. The molecule has 0 aliphatic carbocycles. The van der Waals surface area contributed by atoms with E-state index in [-0.39, 0.29) is 0 Å². The molecule has 0 aromatic heterocycles. The summed E-state index contributed by atoms with van der Waals surface area (Å²) in [4.78, 5) is 22.6. The molecule has 0 unspecified atom stereocenters. The first-order valence-corrected chi connectivity index (χ1v) is 10.2. The van der Waals surface area contributed by atoms with Crippen molar-refractivity contribution in [1.29, 1.82) is 0 Å². The molecule has 0 radical (unpaired) electrons. The highest BCUT2D eigenvalue weighted by atomic mass is 16.4. The summed E-state index contributed by atoms with van der Waals surface area (Å²) in [7, 11) is 0. The van der Waals surface area contributed by atoms with Gasteiger partial charge in [0.25, 0.3) is 0 Å². The van der Waals surface area contributed by atoms with Crippen LogP contribution in [-0.4, -0.2) is 22.2 Å². The molecule has 160 valence electrons. The summed E-state index contributed by atoms with van der Waals surface area (Å²) in [6.45, 7) is 0. The maximum Gasteiger partial charge on any atom is 0.315 e. The van der Waals surface area contributed by atoms with Gasteiger partial charge in [-0.1, -0.05) is 121 Å². The number of carbonyl (C=O) groups is 2. The van der Waals surface area contributed by atoms with E-state index in [0.29, 0.717) is 0 Å². The molecule has 4 aromatic carbocycles. The molecule has 32 heavy (non-hydrogen) atoms. The van der Waals surface area contributed by atoms with E-state index in [2.05, 4.69) is 0 Å². The minimum absolute atomic E-state index is 0.581. The molecular formula is C28H24O4. The molecule has 0 heterocycles. The zero-order valence-electron chi connectivity index (χ0n) is 17.4. The molecule has 0 aliphatic heterocycles. The Hall–Kier alpha value is -4.18. The smallest absolute Gasteiger partial charge is 0.315 e. The van der Waals surface area contributed by atoms with Crippen LogP contribution in [0.3, 0.4) is 0 Å². The van der Waals surface area contributed by atoms with Crippen molar-refractivity contribution in [1.82, 2.24) is 0 Å². The third-order valence-corrected chi connectivity index (χ3v) is 5.03. The first kappa shape index (κ1) is 22.5. The number of rotatable bonds is 6. The molecule has 0 atom stereocenters. The van der Waals surface area contributed by atoms with Crippen molar-refractivity contribution in [3.63, 3.8) is 0 Å². The average molecular weight is 424 g/mol. The Morgan fingerprint density at radius 1 is 0.406 bits per heavy atom. The van der Waals surface area contributed by atoms with E-state index in [1.807, 2.05) is 121 Å². The van der Waals surface area contributed by atoms with Crippen LogP contribution in [0.2, 0.25) is 0 Å². The van der Waals surface area contributed by atoms with Gasteiger partial charge in [0.05, 0.1) is 0 Å². The summed E-state index contributed by atoms with van der Waals surface area (Å²) >= 11 is 0. The number of carboxylic acid groups (broad SMARTS) is 2. The highest BCUT2D eigenvalue weighted by molar-refractivity contribution is 5.81. The number of aliphatic carboxylic acids is 2. The van der Waals surface area contributed by atoms with Crippen LogP contribution in [0, 0.1) is 0 Å². The van der Waals surface area contributed by atoms with Gasteiger partial charge in [-0.05, 0) is 22.3 Å². The van der Waals surface area contributed by atoms with Crippen molar-refractivity contribution in [2.24, 2.45) is 0 Å². The van der Waals surface area contributed by atoms with Gasteiger partial charge in [0.1, 0.15) is 11.8 Å². The topological polar surface area (TPSA) is 74.6 Å². The summed E-state index contributed by atoms with van der Waals surface area (Å²) < 4.78 is 0. The summed E-state index contributed by atoms with van der Waals surface area (Å²) in [5, 5.41) is 18.6. The molecule has 4 heteroatoms. The molecule has 0 bridgehead atoms. The molecule has 4 aromatic rings. The molecule has 0 saturated heterocycles. The predicted octanol–water partition coefficient (Wildman–Crippen LogP) is 5.81. The van der Waals surface area contributed by atoms with Crippen LogP contribution in [0.25, 0.3) is 0 Å². The summed E-state index contributed by atoms with van der Waals surface area (Å²) in [5.74, 6) is -2.81. The second-order valence-electron chi connectivity index (χ2n) is 7.19. The lowest BCUT2D eigenvalue weighted by Gasteiger charge is -2.12. The zero-order valence-corrected chi connectivity index (χ0v) is 17.4. The van der Waals surface area contributed by atoms with E-state index in [4.69, 9.17) is 0 Å². The van der Waals surface area contributed by atoms with Crippen LogP contribution in [0.15, 0.2) is 121 Å². The van der Waals surface area contributed by atoms with Crippen LogP contribution >= 0.6 is 0 Å². The molecule has 4 nitrogen and oxygen atoms in total. The fourth-order valence-corrected chi connectivity index (χ4v) is 3.54. The van der Waals surface area contributed by atoms with Crippen molar-refractivity contribution in [3.8, 4) is 0 Å². The van der Waals surface area contributed by atoms with E-state index in [0.717, 1.165) is 22.3 Å². The van der Waals surface area contributed by atoms with Crippen molar-refractivity contribution in [3.05, 3.63) is 144 Å². The van der Waals surface area contributed by atoms with Crippen molar-refractivity contribution in [2.45, 2.75) is 11.8 Å². The second-order valence-corrected chi connectivity index (χ2v) is 7.19. The number of hydrogen-bond acceptors (Lipinski definition) is 2. The Balaban J connectivity index is 0.000000181. The molecule has 0 spiro atoms. The molecule has 0 amide bonds. The molecule has 0 fully saturated rings. The Kier molecular flexibility index (Phi) is 7.93. The highest BCUT2D eigenvalue weighted by Gasteiger charge is 2.22. The molecular weight excluding hydrogens is 400 g/mol. The van der Waals surface area contributed by atoms with Crippen LogP contribution in [0.5, 0.6) is 0 Å². The SMILES string of the molecule is O=C(O)C(c1ccccc1)c1ccccc1.O=C(O)C(c1ccccc1)c1ccccc1. The zero-order chi connectivity index (χ0) is 22.8. The number of carboxylic acids is 2. The lowest BCUT2D eigenvalue weighted by molar-refractivity contribution is -0.138. The van der Waals surface area contributed by atoms with Gasteiger partial charge in [0.15, 0.2) is 0 Å². The predicted molar refractivity (Wildman–Crippen MR) is 125 cm³/mol. The van der Waals surface area contributed by atoms with Gasteiger partial charge in [0, 0.05) is 0 Å². The first-order chi connectivity index (χ1) is 15.6. The average Bonchev–Trinajstić information content (AvgIpc) is 2.82. The lowest BCUT2D eigenvalue weighted by atomic mass is 9.92. The van der Waals surface area contributed by atoms with Gasteiger partial charge in [-0.25, -0.2) is 0 Å². The van der Waals surface area contributed by atoms with Crippen LogP contribution in [0.4, 0.5) is 0 Å². The van der Waals surface area contributed by atoms with Crippen molar-refractivity contribution >= 4 is 11.9 Å². The first-order valence-electron chi connectivity index (χ1n) is 10.2. The van der Waals surface area contributed by atoms with E-state index < -0.39 is 23.8 Å². The lowest BCUT2D eigenvalue weighted by Crippen LogP contribution is -2.12. The van der Waals surface area contributed by atoms with Crippen molar-refractivity contribution in [2.75, 3.05) is 0 Å². The van der Waals surface area contributed by atoms with Crippen LogP contribution in [-0.2, 0) is 9.59 Å². The van der Waals surface area contributed by atoms with E-state index in [1.54, 1.807) is 0 Å². The maximum atomic E-state index is 11.3. The summed E-state index contributed by atoms with van der Waals surface area (Å²) in [6.07, 6.45) is 0. The van der Waals surface area contributed by atoms with Gasteiger partial charge >= 0.3 is 11.9 Å². The molecule has 0 aliphatic rings. The Morgan fingerprint density at radius 3 is 0.750 bits per heavy atom. The van der Waals surface area contributed by atoms with Crippen molar-refractivity contribution < 1.29 is 19.8 Å². The fraction of sp³-hybridized carbons (Fsp3) is 0.0714.